The van der Waals surface area contributed by atoms with Gasteiger partial charge in [0.1, 0.15) is 0 Å². The first-order valence-electron chi connectivity index (χ1n) is 9.27. The molecule has 0 radical (unpaired) electrons. The van der Waals surface area contributed by atoms with Gasteiger partial charge in [0.05, 0.1) is 31.6 Å². The highest BCUT2D eigenvalue weighted by Crippen LogP contribution is 2.25. The number of nitrogen functional groups attached to an aromatic ring is 1. The molecule has 164 valence electrons. The monoisotopic (exact) mass is 455 g/mol. The van der Waals surface area contributed by atoms with E-state index in [1.165, 1.54) is 7.11 Å². The number of anilines is 3. The van der Waals surface area contributed by atoms with E-state index in [0.717, 1.165) is 24.3 Å². The molecule has 1 aliphatic heterocycles. The number of aryl methyl sites for hydroxylation is 1. The average Bonchev–Trinajstić information content (AvgIpc) is 2.73. The van der Waals surface area contributed by atoms with Gasteiger partial charge in [0, 0.05) is 30.9 Å². The van der Waals surface area contributed by atoms with Gasteiger partial charge in [0.25, 0.3) is 0 Å². The Kier molecular flexibility index (Phi) is 10.5. The number of ether oxygens (including phenoxy) is 2. The van der Waals surface area contributed by atoms with Crippen LogP contribution in [0.3, 0.4) is 0 Å². The predicted octanol–water partition coefficient (Wildman–Crippen LogP) is 3.31. The molecule has 7 nitrogen and oxygen atoms in total. The van der Waals surface area contributed by atoms with Crippen LogP contribution in [0.15, 0.2) is 42.5 Å². The maximum atomic E-state index is 12.4. The lowest BCUT2D eigenvalue weighted by molar-refractivity contribution is -0.116. The van der Waals surface area contributed by atoms with Crippen LogP contribution in [0, 0.1) is 0 Å². The van der Waals surface area contributed by atoms with E-state index in [1.54, 1.807) is 12.1 Å². The summed E-state index contributed by atoms with van der Waals surface area (Å²) in [6.45, 7) is 2.80. The predicted molar refractivity (Wildman–Crippen MR) is 123 cm³/mol. The fraction of sp³-hybridized carbons (Fsp3) is 0.333. The molecule has 1 fully saturated rings. The molecule has 0 saturated carbocycles. The maximum absolute atomic E-state index is 12.4. The molecule has 3 rings (SSSR count). The Balaban J connectivity index is 0.00000225. The number of rotatable bonds is 6. The van der Waals surface area contributed by atoms with E-state index in [9.17, 15) is 9.59 Å². The third kappa shape index (κ3) is 6.52. The van der Waals surface area contributed by atoms with Crippen molar-refractivity contribution in [3.8, 4) is 0 Å². The normalized spacial score (nSPS) is 12.9. The first-order chi connectivity index (χ1) is 13.6. The second kappa shape index (κ2) is 12.3. The van der Waals surface area contributed by atoms with Gasteiger partial charge in [0.15, 0.2) is 0 Å². The number of amides is 1. The van der Waals surface area contributed by atoms with Crippen LogP contribution in [0.1, 0.15) is 22.3 Å². The van der Waals surface area contributed by atoms with Gasteiger partial charge in [-0.1, -0.05) is 18.2 Å². The number of carbonyl (C=O) groups excluding carboxylic acids is 2. The molecule has 0 bridgehead atoms. The minimum absolute atomic E-state index is 0. The third-order valence-electron chi connectivity index (χ3n) is 4.74. The summed E-state index contributed by atoms with van der Waals surface area (Å²) in [6, 6.07) is 12.9. The fourth-order valence-corrected chi connectivity index (χ4v) is 3.16. The van der Waals surface area contributed by atoms with Crippen molar-refractivity contribution in [2.75, 3.05) is 49.4 Å². The molecule has 1 aliphatic rings. The highest BCUT2D eigenvalue weighted by Gasteiger charge is 2.18. The number of nitrogens with two attached hydrogens (primary N) is 1. The van der Waals surface area contributed by atoms with Crippen molar-refractivity contribution < 1.29 is 19.1 Å². The highest BCUT2D eigenvalue weighted by atomic mass is 35.5. The standard InChI is InChI=1S/C21H25N3O4.2ClH/c1-27-21(26)17-14-16(24-10-12-28-13-11-24)7-8-19(17)23-20(25)9-6-15-4-2-3-5-18(15)22;;/h2-5,7-8,14H,6,9-13,22H2,1H3,(H,23,25);2*1H. The summed E-state index contributed by atoms with van der Waals surface area (Å²) in [4.78, 5) is 26.8. The Morgan fingerprint density at radius 2 is 1.83 bits per heavy atom. The Hall–Kier alpha value is -2.48. The van der Waals surface area contributed by atoms with Crippen molar-refractivity contribution in [2.45, 2.75) is 12.8 Å². The second-order valence-corrected chi connectivity index (χ2v) is 6.57. The smallest absolute Gasteiger partial charge is 0.340 e. The van der Waals surface area contributed by atoms with Crippen LogP contribution in [0.5, 0.6) is 0 Å². The minimum atomic E-state index is -0.488. The van der Waals surface area contributed by atoms with Gasteiger partial charge in [-0.3, -0.25) is 4.79 Å². The lowest BCUT2D eigenvalue weighted by Crippen LogP contribution is -2.36. The number of methoxy groups -OCH3 is 1. The summed E-state index contributed by atoms with van der Waals surface area (Å²) in [6.07, 6.45) is 0.790. The molecule has 0 atom stereocenters. The zero-order valence-electron chi connectivity index (χ0n) is 16.8. The first-order valence-corrected chi connectivity index (χ1v) is 9.27. The molecule has 1 saturated heterocycles. The van der Waals surface area contributed by atoms with Crippen LogP contribution in [0.2, 0.25) is 0 Å². The van der Waals surface area contributed by atoms with E-state index in [4.69, 9.17) is 15.2 Å². The van der Waals surface area contributed by atoms with E-state index in [0.29, 0.717) is 36.6 Å². The lowest BCUT2D eigenvalue weighted by atomic mass is 10.1. The van der Waals surface area contributed by atoms with Gasteiger partial charge in [-0.2, -0.15) is 0 Å². The van der Waals surface area contributed by atoms with Crippen LogP contribution in [-0.2, 0) is 20.7 Å². The number of carbonyl (C=O) groups is 2. The number of esters is 1. The zero-order valence-corrected chi connectivity index (χ0v) is 18.4. The number of halogens is 2. The molecule has 2 aromatic rings. The molecular weight excluding hydrogens is 429 g/mol. The highest BCUT2D eigenvalue weighted by molar-refractivity contribution is 6.02. The lowest BCUT2D eigenvalue weighted by Gasteiger charge is -2.29. The van der Waals surface area contributed by atoms with Crippen molar-refractivity contribution in [3.63, 3.8) is 0 Å². The molecule has 0 aliphatic carbocycles. The quantitative estimate of drug-likeness (QED) is 0.512. The van der Waals surface area contributed by atoms with Gasteiger partial charge >= 0.3 is 5.97 Å². The van der Waals surface area contributed by atoms with E-state index in [2.05, 4.69) is 10.2 Å². The van der Waals surface area contributed by atoms with E-state index < -0.39 is 5.97 Å². The second-order valence-electron chi connectivity index (χ2n) is 6.57. The summed E-state index contributed by atoms with van der Waals surface area (Å²) in [5.41, 5.74) is 9.19. The number of nitrogens with zero attached hydrogens (tertiary/aromatic N) is 1. The van der Waals surface area contributed by atoms with Gasteiger partial charge in [0.2, 0.25) is 5.91 Å². The number of para-hydroxylation sites is 1. The molecular formula is C21H27Cl2N3O4. The summed E-state index contributed by atoms with van der Waals surface area (Å²) >= 11 is 0. The average molecular weight is 456 g/mol. The van der Waals surface area contributed by atoms with Crippen molar-refractivity contribution in [2.24, 2.45) is 0 Å². The Morgan fingerprint density at radius 3 is 2.50 bits per heavy atom. The minimum Gasteiger partial charge on any atom is -0.465 e. The number of hydrogen-bond donors (Lipinski definition) is 2. The first kappa shape index (κ1) is 25.6. The van der Waals surface area contributed by atoms with Crippen molar-refractivity contribution in [3.05, 3.63) is 53.6 Å². The molecule has 30 heavy (non-hydrogen) atoms. The van der Waals surface area contributed by atoms with Crippen LogP contribution >= 0.6 is 24.8 Å². The Bertz CT molecular complexity index is 858. The largest absolute Gasteiger partial charge is 0.465 e. The SMILES string of the molecule is COC(=O)c1cc(N2CCOCC2)ccc1NC(=O)CCc1ccccc1N.Cl.Cl. The van der Waals surface area contributed by atoms with Crippen molar-refractivity contribution in [1.29, 1.82) is 0 Å². The molecule has 0 aromatic heterocycles. The number of morpholine rings is 1. The van der Waals surface area contributed by atoms with Crippen molar-refractivity contribution in [1.82, 2.24) is 0 Å². The topological polar surface area (TPSA) is 93.9 Å². The summed E-state index contributed by atoms with van der Waals surface area (Å²) in [5.74, 6) is -0.676. The van der Waals surface area contributed by atoms with Crippen LogP contribution in [0.25, 0.3) is 0 Å². The van der Waals surface area contributed by atoms with Crippen LogP contribution < -0.4 is 16.0 Å². The van der Waals surface area contributed by atoms with Crippen molar-refractivity contribution >= 4 is 53.8 Å². The Morgan fingerprint density at radius 1 is 1.13 bits per heavy atom. The van der Waals surface area contributed by atoms with E-state index >= 15 is 0 Å². The van der Waals surface area contributed by atoms with Gasteiger partial charge in [-0.05, 0) is 36.2 Å². The molecule has 0 spiro atoms. The summed E-state index contributed by atoms with van der Waals surface area (Å²) < 4.78 is 10.3. The molecule has 1 amide bonds. The number of benzene rings is 2. The molecule has 0 unspecified atom stereocenters. The summed E-state index contributed by atoms with van der Waals surface area (Å²) in [5, 5.41) is 2.82. The molecule has 1 heterocycles. The van der Waals surface area contributed by atoms with Crippen LogP contribution in [-0.4, -0.2) is 45.3 Å². The molecule has 2 aromatic carbocycles. The zero-order chi connectivity index (χ0) is 19.9. The van der Waals surface area contributed by atoms with Gasteiger partial charge in [-0.15, -0.1) is 24.8 Å². The van der Waals surface area contributed by atoms with E-state index in [-0.39, 0.29) is 37.1 Å². The van der Waals surface area contributed by atoms with E-state index in [1.807, 2.05) is 30.3 Å². The molecule has 9 heteroatoms. The Labute approximate surface area is 188 Å². The summed E-state index contributed by atoms with van der Waals surface area (Å²) in [7, 11) is 1.33. The van der Waals surface area contributed by atoms with Gasteiger partial charge < -0.3 is 25.4 Å². The number of nitrogens with one attached hydrogen (secondary N) is 1. The third-order valence-corrected chi connectivity index (χ3v) is 4.74. The maximum Gasteiger partial charge on any atom is 0.340 e. The molecule has 3 N–H and O–H groups in total. The van der Waals surface area contributed by atoms with Gasteiger partial charge in [-0.25, -0.2) is 4.79 Å². The number of hydrogen-bond acceptors (Lipinski definition) is 6. The fourth-order valence-electron chi connectivity index (χ4n) is 3.16. The van der Waals surface area contributed by atoms with Crippen LogP contribution in [0.4, 0.5) is 17.1 Å².